The van der Waals surface area contributed by atoms with Crippen LogP contribution in [0.5, 0.6) is 0 Å². The Hall–Kier alpha value is -3.63. The lowest BCUT2D eigenvalue weighted by molar-refractivity contribution is -0.143. The third kappa shape index (κ3) is 9.75. The predicted molar refractivity (Wildman–Crippen MR) is 99.2 cm³/mol. The number of benzene rings is 1. The summed E-state index contributed by atoms with van der Waals surface area (Å²) in [6, 6.07) is 5.42. The molecule has 11 nitrogen and oxygen atoms in total. The van der Waals surface area contributed by atoms with Gasteiger partial charge in [-0.05, 0) is 18.4 Å². The van der Waals surface area contributed by atoms with E-state index in [0.29, 0.717) is 6.42 Å². The van der Waals surface area contributed by atoms with Crippen LogP contribution in [0, 0.1) is 0 Å². The first-order valence-corrected chi connectivity index (χ1v) is 8.74. The number of carboxylic acid groups (broad SMARTS) is 3. The Bertz CT molecular complexity index is 738. The summed E-state index contributed by atoms with van der Waals surface area (Å²) in [5, 5.41) is 33.5. The van der Waals surface area contributed by atoms with Crippen LogP contribution < -0.4 is 16.0 Å². The first kappa shape index (κ1) is 23.4. The lowest BCUT2D eigenvalue weighted by atomic mass is 10.1. The van der Waals surface area contributed by atoms with Gasteiger partial charge in [0.25, 0.3) is 0 Å². The molecule has 2 atom stereocenters. The Kier molecular flexibility index (Phi) is 9.65. The third-order valence-electron chi connectivity index (χ3n) is 3.82. The second-order valence-corrected chi connectivity index (χ2v) is 6.12. The van der Waals surface area contributed by atoms with Crippen LogP contribution in [0.2, 0.25) is 0 Å². The minimum absolute atomic E-state index is 0.241. The van der Waals surface area contributed by atoms with Gasteiger partial charge in [0.05, 0.1) is 6.42 Å². The normalized spacial score (nSPS) is 12.3. The molecule has 11 heteroatoms. The summed E-state index contributed by atoms with van der Waals surface area (Å²) in [6.45, 7) is 0.241. The topological polar surface area (TPSA) is 182 Å². The molecule has 1 aromatic rings. The second kappa shape index (κ2) is 12.0. The first-order chi connectivity index (χ1) is 13.7. The zero-order chi connectivity index (χ0) is 21.8. The molecule has 0 heterocycles. The molecule has 0 aromatic heterocycles. The average molecular weight is 409 g/mol. The van der Waals surface area contributed by atoms with E-state index in [9.17, 15) is 29.1 Å². The van der Waals surface area contributed by atoms with E-state index >= 15 is 0 Å². The van der Waals surface area contributed by atoms with Gasteiger partial charge in [-0.25, -0.2) is 14.4 Å². The number of carbonyl (C=O) groups is 5. The summed E-state index contributed by atoms with van der Waals surface area (Å²) in [6.07, 6.45) is -1.03. The molecule has 6 N–H and O–H groups in total. The van der Waals surface area contributed by atoms with Gasteiger partial charge in [-0.15, -0.1) is 0 Å². The molecule has 1 rings (SSSR count). The van der Waals surface area contributed by atoms with Gasteiger partial charge in [0, 0.05) is 13.0 Å². The summed E-state index contributed by atoms with van der Waals surface area (Å²) >= 11 is 0. The quantitative estimate of drug-likeness (QED) is 0.274. The van der Waals surface area contributed by atoms with Crippen molar-refractivity contribution in [2.24, 2.45) is 0 Å². The van der Waals surface area contributed by atoms with Crippen LogP contribution in [0.3, 0.4) is 0 Å². The van der Waals surface area contributed by atoms with Crippen LogP contribution in [0.15, 0.2) is 30.3 Å². The number of hydrogen-bond donors (Lipinski definition) is 6. The number of aliphatic carboxylic acids is 3. The lowest BCUT2D eigenvalue weighted by Gasteiger charge is -2.17. The Morgan fingerprint density at radius 1 is 0.862 bits per heavy atom. The van der Waals surface area contributed by atoms with Crippen molar-refractivity contribution in [2.75, 3.05) is 6.54 Å². The molecule has 2 unspecified atom stereocenters. The highest BCUT2D eigenvalue weighted by molar-refractivity contribution is 5.90. The Balaban J connectivity index is 2.50. The van der Waals surface area contributed by atoms with E-state index in [0.717, 1.165) is 5.56 Å². The smallest absolute Gasteiger partial charge is 0.326 e. The largest absolute Gasteiger partial charge is 0.481 e. The highest BCUT2D eigenvalue weighted by Gasteiger charge is 2.26. The molecular weight excluding hydrogens is 386 g/mol. The summed E-state index contributed by atoms with van der Waals surface area (Å²) in [5.41, 5.74) is 0.975. The van der Waals surface area contributed by atoms with Crippen molar-refractivity contribution < 1.29 is 39.3 Å². The second-order valence-electron chi connectivity index (χ2n) is 6.12. The lowest BCUT2D eigenvalue weighted by Crippen LogP contribution is -2.50. The van der Waals surface area contributed by atoms with Crippen LogP contribution in [0.4, 0.5) is 4.79 Å². The Labute approximate surface area is 166 Å². The average Bonchev–Trinajstić information content (AvgIpc) is 2.65. The summed E-state index contributed by atoms with van der Waals surface area (Å²) in [7, 11) is 0. The maximum atomic E-state index is 11.9. The predicted octanol–water partition coefficient (Wildman–Crippen LogP) is -0.194. The van der Waals surface area contributed by atoms with Crippen LogP contribution >= 0.6 is 0 Å². The zero-order valence-electron chi connectivity index (χ0n) is 15.5. The van der Waals surface area contributed by atoms with Crippen molar-refractivity contribution in [2.45, 2.75) is 37.8 Å². The standard InChI is InChI=1S/C18H23N3O8/c22-14(20-12(16(25)26)6-7-15(23)24)10-13(17(27)28)21-18(29)19-9-8-11-4-2-1-3-5-11/h1-5,12-13H,6-10H2,(H,20,22)(H,23,24)(H,25,26)(H,27,28)(H2,19,21,29). The number of carbonyl (C=O) groups excluding carboxylic acids is 2. The van der Waals surface area contributed by atoms with Crippen molar-refractivity contribution in [3.8, 4) is 0 Å². The van der Waals surface area contributed by atoms with Gasteiger partial charge in [-0.2, -0.15) is 0 Å². The molecule has 0 spiro atoms. The SMILES string of the molecule is O=C(O)CCC(NC(=O)CC(NC(=O)NCCc1ccccc1)C(=O)O)C(=O)O. The van der Waals surface area contributed by atoms with Crippen LogP contribution in [0.25, 0.3) is 0 Å². The zero-order valence-corrected chi connectivity index (χ0v) is 15.5. The fourth-order valence-electron chi connectivity index (χ4n) is 2.34. The molecule has 0 aliphatic rings. The van der Waals surface area contributed by atoms with Crippen molar-refractivity contribution in [1.29, 1.82) is 0 Å². The van der Waals surface area contributed by atoms with Crippen LogP contribution in [-0.2, 0) is 25.6 Å². The molecule has 0 aliphatic carbocycles. The van der Waals surface area contributed by atoms with E-state index in [1.165, 1.54) is 0 Å². The van der Waals surface area contributed by atoms with E-state index < -0.39 is 54.8 Å². The molecule has 158 valence electrons. The van der Waals surface area contributed by atoms with Crippen molar-refractivity contribution in [3.05, 3.63) is 35.9 Å². The molecule has 0 saturated carbocycles. The number of hydrogen-bond acceptors (Lipinski definition) is 5. The van der Waals surface area contributed by atoms with Gasteiger partial charge in [0.15, 0.2) is 0 Å². The van der Waals surface area contributed by atoms with Gasteiger partial charge >= 0.3 is 23.9 Å². The molecule has 0 radical (unpaired) electrons. The van der Waals surface area contributed by atoms with E-state index in [1.54, 1.807) is 0 Å². The monoisotopic (exact) mass is 409 g/mol. The van der Waals surface area contributed by atoms with Crippen molar-refractivity contribution in [3.63, 3.8) is 0 Å². The summed E-state index contributed by atoms with van der Waals surface area (Å²) < 4.78 is 0. The number of rotatable bonds is 12. The maximum Gasteiger partial charge on any atom is 0.326 e. The number of urea groups is 1. The van der Waals surface area contributed by atoms with Crippen molar-refractivity contribution in [1.82, 2.24) is 16.0 Å². The van der Waals surface area contributed by atoms with Gasteiger partial charge in [-0.3, -0.25) is 9.59 Å². The van der Waals surface area contributed by atoms with Gasteiger partial charge in [0.2, 0.25) is 5.91 Å². The third-order valence-corrected chi connectivity index (χ3v) is 3.82. The molecular formula is C18H23N3O8. The highest BCUT2D eigenvalue weighted by Crippen LogP contribution is 2.01. The van der Waals surface area contributed by atoms with E-state index in [4.69, 9.17) is 10.2 Å². The number of amides is 3. The van der Waals surface area contributed by atoms with E-state index in [1.807, 2.05) is 30.3 Å². The van der Waals surface area contributed by atoms with E-state index in [2.05, 4.69) is 16.0 Å². The van der Waals surface area contributed by atoms with Crippen LogP contribution in [0.1, 0.15) is 24.8 Å². The number of nitrogens with one attached hydrogen (secondary N) is 3. The minimum atomic E-state index is -1.58. The van der Waals surface area contributed by atoms with Gasteiger partial charge in [-0.1, -0.05) is 30.3 Å². The first-order valence-electron chi connectivity index (χ1n) is 8.74. The molecule has 0 bridgehead atoms. The molecule has 0 aliphatic heterocycles. The number of carboxylic acids is 3. The summed E-state index contributed by atoms with van der Waals surface area (Å²) in [4.78, 5) is 56.7. The Morgan fingerprint density at radius 3 is 2.03 bits per heavy atom. The van der Waals surface area contributed by atoms with Gasteiger partial charge < -0.3 is 31.3 Å². The molecule has 0 saturated heterocycles. The molecule has 0 fully saturated rings. The van der Waals surface area contributed by atoms with E-state index in [-0.39, 0.29) is 13.0 Å². The fraction of sp³-hybridized carbons (Fsp3) is 0.389. The van der Waals surface area contributed by atoms with Crippen molar-refractivity contribution >= 4 is 29.8 Å². The van der Waals surface area contributed by atoms with Crippen LogP contribution in [-0.4, -0.2) is 63.8 Å². The maximum absolute atomic E-state index is 11.9. The minimum Gasteiger partial charge on any atom is -0.481 e. The Morgan fingerprint density at radius 2 is 1.48 bits per heavy atom. The summed E-state index contributed by atoms with van der Waals surface area (Å²) in [5.74, 6) is -5.10. The highest BCUT2D eigenvalue weighted by atomic mass is 16.4. The fourth-order valence-corrected chi connectivity index (χ4v) is 2.34. The molecule has 29 heavy (non-hydrogen) atoms. The molecule has 1 aromatic carbocycles. The molecule has 3 amide bonds. The van der Waals surface area contributed by atoms with Gasteiger partial charge in [0.1, 0.15) is 12.1 Å².